The zero-order valence-electron chi connectivity index (χ0n) is 15.7. The first-order valence-electron chi connectivity index (χ1n) is 8.59. The Morgan fingerprint density at radius 2 is 1.90 bits per heavy atom. The second kappa shape index (κ2) is 8.94. The zero-order valence-corrected chi connectivity index (χ0v) is 18.1. The lowest BCUT2D eigenvalue weighted by Crippen LogP contribution is -2.26. The Hall–Kier alpha value is -3.12. The summed E-state index contributed by atoms with van der Waals surface area (Å²) in [6.45, 7) is 1.42. The molecule has 1 aromatic heterocycles. The van der Waals surface area contributed by atoms with Crippen molar-refractivity contribution in [2.24, 2.45) is 0 Å². The van der Waals surface area contributed by atoms with E-state index in [9.17, 15) is 26.8 Å². The van der Waals surface area contributed by atoms with Crippen LogP contribution < -0.4 is 9.74 Å². The topological polar surface area (TPSA) is 105 Å². The van der Waals surface area contributed by atoms with Crippen molar-refractivity contribution < 1.29 is 30.9 Å². The minimum atomic E-state index is -4.96. The van der Waals surface area contributed by atoms with Gasteiger partial charge >= 0.3 is 16.1 Å². The van der Waals surface area contributed by atoms with Crippen molar-refractivity contribution in [1.29, 1.82) is 0 Å². The van der Waals surface area contributed by atoms with Crippen molar-refractivity contribution in [3.8, 4) is 11.4 Å². The number of rotatable bonds is 6. The van der Waals surface area contributed by atoms with Crippen LogP contribution in [0.15, 0.2) is 62.7 Å². The number of ether oxygens (including phenoxy) is 1. The Labute approximate surface area is 183 Å². The lowest BCUT2D eigenvalue weighted by atomic mass is 10.3. The molecule has 8 nitrogen and oxygen atoms in total. The molecule has 0 fully saturated rings. The molecule has 2 aromatic carbocycles. The fraction of sp³-hybridized carbons (Fsp3) is 0.105. The van der Waals surface area contributed by atoms with Crippen LogP contribution in [0.25, 0.3) is 5.69 Å². The summed E-state index contributed by atoms with van der Waals surface area (Å²) in [7, 11) is -4.96. The molecule has 0 saturated carbocycles. The highest BCUT2D eigenvalue weighted by Gasteiger charge is 2.28. The molecule has 0 aliphatic carbocycles. The second-order valence-electron chi connectivity index (χ2n) is 5.92. The van der Waals surface area contributed by atoms with Crippen molar-refractivity contribution in [1.82, 2.24) is 9.78 Å². The molecule has 1 heterocycles. The highest BCUT2D eigenvalue weighted by Crippen LogP contribution is 2.24. The number of aromatic nitrogens is 2. The number of hydrogen-bond donors (Lipinski definition) is 0. The van der Waals surface area contributed by atoms with Gasteiger partial charge in [-0.3, -0.25) is 4.79 Å². The predicted molar refractivity (Wildman–Crippen MR) is 108 cm³/mol. The normalized spacial score (nSPS) is 11.2. The summed E-state index contributed by atoms with van der Waals surface area (Å²) in [5.74, 6) is -4.19. The van der Waals surface area contributed by atoms with Gasteiger partial charge in [0.05, 0.1) is 18.4 Å². The van der Waals surface area contributed by atoms with Crippen LogP contribution in [0.3, 0.4) is 0 Å². The third-order valence-electron chi connectivity index (χ3n) is 3.78. The van der Waals surface area contributed by atoms with Crippen LogP contribution in [-0.4, -0.2) is 30.8 Å². The van der Waals surface area contributed by atoms with E-state index in [0.29, 0.717) is 22.7 Å². The van der Waals surface area contributed by atoms with Crippen molar-refractivity contribution in [2.75, 3.05) is 6.61 Å². The molecular weight excluding hydrogens is 502 g/mol. The fourth-order valence-corrected chi connectivity index (χ4v) is 3.87. The van der Waals surface area contributed by atoms with Gasteiger partial charge in [-0.15, -0.1) is 0 Å². The van der Waals surface area contributed by atoms with Crippen molar-refractivity contribution in [3.05, 3.63) is 80.7 Å². The number of carbonyl (C=O) groups is 1. The molecule has 0 atom stereocenters. The van der Waals surface area contributed by atoms with Gasteiger partial charge in [0.15, 0.2) is 5.75 Å². The molecule has 0 bridgehead atoms. The molecule has 3 aromatic rings. The zero-order chi connectivity index (χ0) is 22.8. The monoisotopic (exact) mass is 514 g/mol. The fourth-order valence-electron chi connectivity index (χ4n) is 2.47. The van der Waals surface area contributed by atoms with Crippen LogP contribution in [0, 0.1) is 11.6 Å². The van der Waals surface area contributed by atoms with Crippen molar-refractivity contribution in [2.45, 2.75) is 11.8 Å². The summed E-state index contributed by atoms with van der Waals surface area (Å²) in [5, 5.41) is 3.87. The Balaban J connectivity index is 2.15. The molecule has 0 N–H and O–H groups in total. The third-order valence-corrected chi connectivity index (χ3v) is 5.52. The summed E-state index contributed by atoms with van der Waals surface area (Å²) in [4.78, 5) is 23.8. The molecular formula is C19H13BrF2N2O6S. The maximum Gasteiger partial charge on any atom is 0.362 e. The molecule has 0 radical (unpaired) electrons. The van der Waals surface area contributed by atoms with Crippen molar-refractivity contribution in [3.63, 3.8) is 0 Å². The average molecular weight is 515 g/mol. The Morgan fingerprint density at radius 3 is 2.58 bits per heavy atom. The average Bonchev–Trinajstić information content (AvgIpc) is 2.69. The van der Waals surface area contributed by atoms with Crippen LogP contribution in [0.4, 0.5) is 8.78 Å². The van der Waals surface area contributed by atoms with E-state index in [1.54, 1.807) is 12.1 Å². The number of esters is 1. The van der Waals surface area contributed by atoms with Gasteiger partial charge in [0.25, 0.3) is 5.56 Å². The smallest absolute Gasteiger partial charge is 0.362 e. The Morgan fingerprint density at radius 1 is 1.16 bits per heavy atom. The van der Waals surface area contributed by atoms with E-state index in [4.69, 9.17) is 8.92 Å². The van der Waals surface area contributed by atoms with Crippen molar-refractivity contribution >= 4 is 32.0 Å². The van der Waals surface area contributed by atoms with E-state index >= 15 is 0 Å². The number of hydrogen-bond acceptors (Lipinski definition) is 7. The first-order valence-corrected chi connectivity index (χ1v) is 10.8. The Kier molecular flexibility index (Phi) is 6.51. The summed E-state index contributed by atoms with van der Waals surface area (Å²) < 4.78 is 63.5. The van der Waals surface area contributed by atoms with E-state index in [0.717, 1.165) is 10.7 Å². The number of carbonyl (C=O) groups excluding carboxylic acids is 1. The van der Waals surface area contributed by atoms with E-state index < -0.39 is 49.6 Å². The summed E-state index contributed by atoms with van der Waals surface area (Å²) >= 11 is 3.24. The van der Waals surface area contributed by atoms with Crippen LogP contribution in [0.5, 0.6) is 5.75 Å². The maximum absolute atomic E-state index is 13.9. The number of nitrogens with zero attached hydrogens (tertiary/aromatic N) is 2. The SMILES string of the molecule is CCOC(=O)c1nn(-c2cccc(Br)c2)c(=O)cc1OS(=O)(=O)c1cc(F)ccc1F. The summed E-state index contributed by atoms with van der Waals surface area (Å²) in [6, 6.07) is 8.77. The molecule has 0 amide bonds. The van der Waals surface area contributed by atoms with Gasteiger partial charge in [0, 0.05) is 4.47 Å². The van der Waals surface area contributed by atoms with E-state index in [1.165, 1.54) is 19.1 Å². The standard InChI is InChI=1S/C19H13BrF2N2O6S/c1-2-29-19(26)18-15(30-31(27,28)16-9-12(21)6-7-14(16)22)10-17(25)24(23-18)13-5-3-4-11(20)8-13/h3-10H,2H2,1H3. The number of benzene rings is 2. The van der Waals surface area contributed by atoms with Gasteiger partial charge in [0.1, 0.15) is 16.5 Å². The first kappa shape index (κ1) is 22.6. The summed E-state index contributed by atoms with van der Waals surface area (Å²) in [5.41, 5.74) is -1.24. The van der Waals surface area contributed by atoms with Crippen LogP contribution in [0.1, 0.15) is 17.4 Å². The number of halogens is 3. The Bertz CT molecular complexity index is 1330. The molecule has 0 aliphatic rings. The molecule has 162 valence electrons. The highest BCUT2D eigenvalue weighted by molar-refractivity contribution is 9.10. The van der Waals surface area contributed by atoms with Gasteiger partial charge in [-0.05, 0) is 43.3 Å². The predicted octanol–water partition coefficient (Wildman–Crippen LogP) is 3.22. The summed E-state index contributed by atoms with van der Waals surface area (Å²) in [6.07, 6.45) is 0. The van der Waals surface area contributed by atoms with Gasteiger partial charge < -0.3 is 8.92 Å². The lowest BCUT2D eigenvalue weighted by molar-refractivity contribution is 0.0515. The van der Waals surface area contributed by atoms with Gasteiger partial charge in [-0.25, -0.2) is 13.6 Å². The van der Waals surface area contributed by atoms with Gasteiger partial charge in [-0.1, -0.05) is 22.0 Å². The quantitative estimate of drug-likeness (QED) is 0.367. The molecule has 0 aliphatic heterocycles. The maximum atomic E-state index is 13.9. The lowest BCUT2D eigenvalue weighted by Gasteiger charge is -2.13. The molecule has 3 rings (SSSR count). The molecule has 0 saturated heterocycles. The van der Waals surface area contributed by atoms with E-state index in [-0.39, 0.29) is 12.3 Å². The molecule has 0 unspecified atom stereocenters. The molecule has 31 heavy (non-hydrogen) atoms. The van der Waals surface area contributed by atoms with Crippen LogP contribution >= 0.6 is 15.9 Å². The highest BCUT2D eigenvalue weighted by atomic mass is 79.9. The van der Waals surface area contributed by atoms with Crippen LogP contribution in [-0.2, 0) is 14.9 Å². The third kappa shape index (κ3) is 4.97. The molecule has 0 spiro atoms. The largest absolute Gasteiger partial charge is 0.461 e. The second-order valence-corrected chi connectivity index (χ2v) is 8.35. The van der Waals surface area contributed by atoms with Crippen LogP contribution in [0.2, 0.25) is 0 Å². The molecule has 12 heteroatoms. The minimum Gasteiger partial charge on any atom is -0.461 e. The van der Waals surface area contributed by atoms with Gasteiger partial charge in [-0.2, -0.15) is 18.2 Å². The minimum absolute atomic E-state index is 0.0821. The van der Waals surface area contributed by atoms with Gasteiger partial charge in [0.2, 0.25) is 5.69 Å². The van der Waals surface area contributed by atoms with E-state index in [2.05, 4.69) is 21.0 Å². The van der Waals surface area contributed by atoms with E-state index in [1.807, 2.05) is 0 Å². The first-order chi connectivity index (χ1) is 14.6.